The number of thioether (sulfide) groups is 1. The minimum absolute atomic E-state index is 0.124. The largest absolute Gasteiger partial charge is 0.329 e. The summed E-state index contributed by atoms with van der Waals surface area (Å²) in [6.45, 7) is 7.57. The molecule has 0 aromatic carbocycles. The summed E-state index contributed by atoms with van der Waals surface area (Å²) < 4.78 is 0. The van der Waals surface area contributed by atoms with Gasteiger partial charge in [-0.3, -0.25) is 0 Å². The maximum absolute atomic E-state index is 6.06. The Morgan fingerprint density at radius 2 is 2.06 bits per heavy atom. The molecule has 100 valence electrons. The van der Waals surface area contributed by atoms with Gasteiger partial charge in [-0.2, -0.15) is 11.8 Å². The summed E-state index contributed by atoms with van der Waals surface area (Å²) in [5.74, 6) is 1.29. The Kier molecular flexibility index (Phi) is 4.72. The summed E-state index contributed by atoms with van der Waals surface area (Å²) in [7, 11) is 2.19. The van der Waals surface area contributed by atoms with Crippen molar-refractivity contribution in [3.05, 3.63) is 0 Å². The van der Waals surface area contributed by atoms with Crippen molar-refractivity contribution in [1.29, 1.82) is 0 Å². The Morgan fingerprint density at radius 3 is 2.65 bits per heavy atom. The number of nitrogens with zero attached hydrogens (tertiary/aromatic N) is 2. The molecule has 17 heavy (non-hydrogen) atoms. The molecule has 0 amide bonds. The average Bonchev–Trinajstić information content (AvgIpc) is 2.35. The molecule has 3 N–H and O–H groups in total. The van der Waals surface area contributed by atoms with Crippen LogP contribution in [0.1, 0.15) is 19.8 Å². The van der Waals surface area contributed by atoms with Crippen LogP contribution in [0.5, 0.6) is 0 Å². The smallest absolute Gasteiger partial charge is 0.0563 e. The lowest BCUT2D eigenvalue weighted by molar-refractivity contribution is 0.0501. The summed E-state index contributed by atoms with van der Waals surface area (Å²) in [6.07, 6.45) is 2.50. The SMILES string of the molecule is CC1SCCCC1(CN)NN1CCN(C)CC1. The number of rotatable bonds is 3. The predicted molar refractivity (Wildman–Crippen MR) is 75.1 cm³/mol. The van der Waals surface area contributed by atoms with Crippen LogP contribution < -0.4 is 11.2 Å². The minimum Gasteiger partial charge on any atom is -0.329 e. The molecule has 0 bridgehead atoms. The van der Waals surface area contributed by atoms with Crippen LogP contribution in [0.15, 0.2) is 0 Å². The van der Waals surface area contributed by atoms with Gasteiger partial charge in [-0.25, -0.2) is 10.4 Å². The highest BCUT2D eigenvalue weighted by Gasteiger charge is 2.39. The van der Waals surface area contributed by atoms with Gasteiger partial charge in [-0.1, -0.05) is 6.92 Å². The molecular weight excluding hydrogens is 232 g/mol. The van der Waals surface area contributed by atoms with Crippen LogP contribution in [0, 0.1) is 0 Å². The molecule has 2 unspecified atom stereocenters. The van der Waals surface area contributed by atoms with E-state index in [2.05, 4.69) is 41.1 Å². The summed E-state index contributed by atoms with van der Waals surface area (Å²) in [5.41, 5.74) is 9.94. The first-order chi connectivity index (χ1) is 8.16. The highest BCUT2D eigenvalue weighted by Crippen LogP contribution is 2.33. The molecule has 0 aliphatic carbocycles. The van der Waals surface area contributed by atoms with Crippen LogP contribution in [0.4, 0.5) is 0 Å². The fraction of sp³-hybridized carbons (Fsp3) is 1.00. The third-order valence-corrected chi connectivity index (χ3v) is 5.64. The van der Waals surface area contributed by atoms with E-state index in [-0.39, 0.29) is 5.54 Å². The monoisotopic (exact) mass is 258 g/mol. The van der Waals surface area contributed by atoms with Gasteiger partial charge in [0.05, 0.1) is 5.54 Å². The number of likely N-dealkylation sites (N-methyl/N-ethyl adjacent to an activating group) is 1. The van der Waals surface area contributed by atoms with E-state index in [1.54, 1.807) is 0 Å². The minimum atomic E-state index is 0.124. The van der Waals surface area contributed by atoms with Crippen LogP contribution >= 0.6 is 11.8 Å². The number of nitrogens with one attached hydrogen (secondary N) is 1. The zero-order chi connectivity index (χ0) is 12.3. The standard InChI is InChI=1S/C12H26N4S/c1-11-12(10-13,4-3-9-17-11)14-16-7-5-15(2)6-8-16/h11,14H,3-10,13H2,1-2H3. The van der Waals surface area contributed by atoms with E-state index in [0.717, 1.165) is 32.7 Å². The molecule has 0 saturated carbocycles. The van der Waals surface area contributed by atoms with Crippen molar-refractivity contribution in [2.75, 3.05) is 45.5 Å². The second kappa shape index (κ2) is 5.89. The molecule has 4 nitrogen and oxygen atoms in total. The lowest BCUT2D eigenvalue weighted by Crippen LogP contribution is -2.66. The van der Waals surface area contributed by atoms with Crippen LogP contribution in [0.3, 0.4) is 0 Å². The summed E-state index contributed by atoms with van der Waals surface area (Å²) >= 11 is 2.06. The highest BCUT2D eigenvalue weighted by atomic mass is 32.2. The number of piperazine rings is 1. The first kappa shape index (κ1) is 13.6. The van der Waals surface area contributed by atoms with Crippen molar-refractivity contribution in [2.45, 2.75) is 30.6 Å². The Labute approximate surface area is 109 Å². The zero-order valence-electron chi connectivity index (χ0n) is 11.1. The molecular formula is C12H26N4S. The quantitative estimate of drug-likeness (QED) is 0.765. The van der Waals surface area contributed by atoms with Gasteiger partial charge in [-0.05, 0) is 25.6 Å². The normalized spacial score (nSPS) is 37.2. The lowest BCUT2D eigenvalue weighted by Gasteiger charge is -2.47. The maximum atomic E-state index is 6.06. The van der Waals surface area contributed by atoms with Crippen molar-refractivity contribution >= 4 is 11.8 Å². The Bertz CT molecular complexity index is 243. The van der Waals surface area contributed by atoms with Gasteiger partial charge >= 0.3 is 0 Å². The predicted octanol–water partition coefficient (Wildman–Crippen LogP) is 0.351. The first-order valence-electron chi connectivity index (χ1n) is 6.69. The van der Waals surface area contributed by atoms with Crippen LogP contribution in [-0.2, 0) is 0 Å². The van der Waals surface area contributed by atoms with Gasteiger partial charge in [-0.15, -0.1) is 0 Å². The van der Waals surface area contributed by atoms with Gasteiger partial charge in [0.1, 0.15) is 0 Å². The van der Waals surface area contributed by atoms with Gasteiger partial charge < -0.3 is 10.6 Å². The topological polar surface area (TPSA) is 44.5 Å². The molecule has 0 aromatic heterocycles. The number of hydrazine groups is 1. The highest BCUT2D eigenvalue weighted by molar-refractivity contribution is 8.00. The third-order valence-electron chi connectivity index (χ3n) is 4.16. The van der Waals surface area contributed by atoms with Gasteiger partial charge in [0.15, 0.2) is 0 Å². The lowest BCUT2D eigenvalue weighted by atomic mass is 9.90. The maximum Gasteiger partial charge on any atom is 0.0563 e. The molecule has 2 fully saturated rings. The molecule has 2 aliphatic heterocycles. The van der Waals surface area contributed by atoms with Crippen molar-refractivity contribution in [1.82, 2.24) is 15.3 Å². The van der Waals surface area contributed by atoms with Crippen LogP contribution in [0.25, 0.3) is 0 Å². The van der Waals surface area contributed by atoms with Gasteiger partial charge in [0, 0.05) is 38.0 Å². The summed E-state index contributed by atoms with van der Waals surface area (Å²) in [4.78, 5) is 2.38. The molecule has 5 heteroatoms. The number of hydrogen-bond acceptors (Lipinski definition) is 5. The van der Waals surface area contributed by atoms with E-state index in [9.17, 15) is 0 Å². The number of nitrogens with two attached hydrogens (primary N) is 1. The van der Waals surface area contributed by atoms with Crippen molar-refractivity contribution in [3.63, 3.8) is 0 Å². The Morgan fingerprint density at radius 1 is 1.35 bits per heavy atom. The molecule has 0 spiro atoms. The van der Waals surface area contributed by atoms with Gasteiger partial charge in [0.2, 0.25) is 0 Å². The molecule has 0 radical (unpaired) electrons. The average molecular weight is 258 g/mol. The molecule has 2 heterocycles. The van der Waals surface area contributed by atoms with E-state index in [4.69, 9.17) is 5.73 Å². The number of hydrogen-bond donors (Lipinski definition) is 2. The Hall–Kier alpha value is 0.190. The van der Waals surface area contributed by atoms with E-state index >= 15 is 0 Å². The van der Waals surface area contributed by atoms with Crippen LogP contribution in [-0.4, -0.2) is 66.2 Å². The molecule has 2 aliphatic rings. The van der Waals surface area contributed by atoms with E-state index in [0.29, 0.717) is 5.25 Å². The second-order valence-electron chi connectivity index (χ2n) is 5.38. The van der Waals surface area contributed by atoms with E-state index in [1.165, 1.54) is 18.6 Å². The third kappa shape index (κ3) is 3.15. The summed E-state index contributed by atoms with van der Waals surface area (Å²) in [6, 6.07) is 0. The first-order valence-corrected chi connectivity index (χ1v) is 7.74. The molecule has 2 atom stereocenters. The van der Waals surface area contributed by atoms with Gasteiger partial charge in [0.25, 0.3) is 0 Å². The van der Waals surface area contributed by atoms with E-state index in [1.807, 2.05) is 0 Å². The molecule has 2 saturated heterocycles. The summed E-state index contributed by atoms with van der Waals surface area (Å²) in [5, 5.41) is 3.00. The fourth-order valence-corrected chi connectivity index (χ4v) is 3.95. The van der Waals surface area contributed by atoms with E-state index < -0.39 is 0 Å². The molecule has 2 rings (SSSR count). The van der Waals surface area contributed by atoms with Crippen molar-refractivity contribution in [3.8, 4) is 0 Å². The molecule has 0 aromatic rings. The fourth-order valence-electron chi connectivity index (χ4n) is 2.70. The Balaban J connectivity index is 1.94. The van der Waals surface area contributed by atoms with Crippen LogP contribution in [0.2, 0.25) is 0 Å². The second-order valence-corrected chi connectivity index (χ2v) is 6.83. The van der Waals surface area contributed by atoms with Crippen molar-refractivity contribution in [2.24, 2.45) is 5.73 Å². The van der Waals surface area contributed by atoms with Crippen molar-refractivity contribution < 1.29 is 0 Å². The zero-order valence-corrected chi connectivity index (χ0v) is 11.9.